The average Bonchev–Trinajstić information content (AvgIpc) is 2.45. The van der Waals surface area contributed by atoms with Gasteiger partial charge in [-0.1, -0.05) is 37.3 Å². The average molecular weight is 295 g/mol. The van der Waals surface area contributed by atoms with Crippen molar-refractivity contribution in [1.82, 2.24) is 5.32 Å². The number of carbonyl (C=O) groups is 3. The van der Waals surface area contributed by atoms with Gasteiger partial charge in [-0.15, -0.1) is 0 Å². The Bertz CT molecular complexity index is 501. The normalized spacial score (nSPS) is 13.0. The first kappa shape index (κ1) is 16.5. The first-order valence-electron chi connectivity index (χ1n) is 6.33. The van der Waals surface area contributed by atoms with Crippen molar-refractivity contribution >= 4 is 18.0 Å². The lowest BCUT2D eigenvalue weighted by atomic mass is 10.0. The molecule has 114 valence electrons. The van der Waals surface area contributed by atoms with Crippen LogP contribution in [-0.2, 0) is 20.9 Å². The first-order chi connectivity index (χ1) is 9.90. The van der Waals surface area contributed by atoms with Crippen molar-refractivity contribution < 1.29 is 29.3 Å². The van der Waals surface area contributed by atoms with Gasteiger partial charge in [-0.25, -0.2) is 9.59 Å². The van der Waals surface area contributed by atoms with Crippen molar-refractivity contribution in [1.29, 1.82) is 0 Å². The molecule has 1 amide bonds. The SMILES string of the molecule is C[C@H](C[C@H](NC(=O)OCc1ccccc1)C(=O)O)C(=O)O. The number of benzene rings is 1. The number of hydrogen-bond acceptors (Lipinski definition) is 4. The Hall–Kier alpha value is -2.57. The lowest BCUT2D eigenvalue weighted by molar-refractivity contribution is -0.143. The highest BCUT2D eigenvalue weighted by atomic mass is 16.5. The quantitative estimate of drug-likeness (QED) is 0.702. The zero-order chi connectivity index (χ0) is 15.8. The fourth-order valence-electron chi connectivity index (χ4n) is 1.58. The summed E-state index contributed by atoms with van der Waals surface area (Å²) >= 11 is 0. The number of carboxylic acid groups (broad SMARTS) is 2. The number of aliphatic carboxylic acids is 2. The third-order valence-corrected chi connectivity index (χ3v) is 2.81. The number of carbonyl (C=O) groups excluding carboxylic acids is 1. The summed E-state index contributed by atoms with van der Waals surface area (Å²) in [4.78, 5) is 33.3. The molecule has 3 N–H and O–H groups in total. The number of nitrogens with one attached hydrogen (secondary N) is 1. The Morgan fingerprint density at radius 3 is 2.29 bits per heavy atom. The predicted octanol–water partition coefficient (Wildman–Crippen LogP) is 1.48. The van der Waals surface area contributed by atoms with E-state index in [0.717, 1.165) is 5.56 Å². The molecule has 0 radical (unpaired) electrons. The number of carboxylic acids is 2. The van der Waals surface area contributed by atoms with Crippen LogP contribution >= 0.6 is 0 Å². The number of ether oxygens (including phenoxy) is 1. The molecule has 0 fully saturated rings. The molecular formula is C14H17NO6. The lowest BCUT2D eigenvalue weighted by Crippen LogP contribution is -2.42. The molecule has 2 atom stereocenters. The summed E-state index contributed by atoms with van der Waals surface area (Å²) in [6.45, 7) is 1.38. The number of amides is 1. The van der Waals surface area contributed by atoms with Crippen molar-refractivity contribution in [3.8, 4) is 0 Å². The van der Waals surface area contributed by atoms with Crippen LogP contribution in [0.4, 0.5) is 4.79 Å². The zero-order valence-corrected chi connectivity index (χ0v) is 11.5. The van der Waals surface area contributed by atoms with Crippen molar-refractivity contribution in [3.05, 3.63) is 35.9 Å². The second kappa shape index (κ2) is 7.88. The van der Waals surface area contributed by atoms with Gasteiger partial charge in [0.1, 0.15) is 12.6 Å². The Kier molecular flexibility index (Phi) is 6.19. The zero-order valence-electron chi connectivity index (χ0n) is 11.5. The van der Waals surface area contributed by atoms with E-state index < -0.39 is 30.0 Å². The fraction of sp³-hybridized carbons (Fsp3) is 0.357. The third-order valence-electron chi connectivity index (χ3n) is 2.81. The summed E-state index contributed by atoms with van der Waals surface area (Å²) in [7, 11) is 0. The molecular weight excluding hydrogens is 278 g/mol. The van der Waals surface area contributed by atoms with E-state index >= 15 is 0 Å². The van der Waals surface area contributed by atoms with E-state index in [2.05, 4.69) is 5.32 Å². The number of rotatable bonds is 7. The van der Waals surface area contributed by atoms with Crippen LogP contribution in [0.2, 0.25) is 0 Å². The second-order valence-corrected chi connectivity index (χ2v) is 4.57. The minimum atomic E-state index is -1.31. The molecule has 0 saturated carbocycles. The molecule has 7 nitrogen and oxygen atoms in total. The van der Waals surface area contributed by atoms with Crippen LogP contribution in [0.15, 0.2) is 30.3 Å². The predicted molar refractivity (Wildman–Crippen MR) is 72.6 cm³/mol. The van der Waals surface area contributed by atoms with Crippen molar-refractivity contribution in [2.24, 2.45) is 5.92 Å². The maximum atomic E-state index is 11.5. The second-order valence-electron chi connectivity index (χ2n) is 4.57. The van der Waals surface area contributed by atoms with Gasteiger partial charge in [-0.05, 0) is 12.0 Å². The minimum absolute atomic E-state index is 0.00744. The van der Waals surface area contributed by atoms with Gasteiger partial charge in [0.15, 0.2) is 0 Å². The van der Waals surface area contributed by atoms with Crippen molar-refractivity contribution in [2.45, 2.75) is 26.0 Å². The molecule has 21 heavy (non-hydrogen) atoms. The molecule has 0 saturated heterocycles. The number of alkyl carbamates (subject to hydrolysis) is 1. The van der Waals surface area contributed by atoms with E-state index in [-0.39, 0.29) is 13.0 Å². The summed E-state index contributed by atoms with van der Waals surface area (Å²) in [6, 6.07) is 7.59. The summed E-state index contributed by atoms with van der Waals surface area (Å²) in [5, 5.41) is 19.9. The highest BCUT2D eigenvalue weighted by molar-refractivity contribution is 5.81. The molecule has 0 aliphatic carbocycles. The van der Waals surface area contributed by atoms with Crippen molar-refractivity contribution in [3.63, 3.8) is 0 Å². The summed E-state index contributed by atoms with van der Waals surface area (Å²) in [6.07, 6.45) is -1.12. The molecule has 1 rings (SSSR count). The summed E-state index contributed by atoms with van der Waals surface area (Å²) < 4.78 is 4.89. The molecule has 0 heterocycles. The number of hydrogen-bond donors (Lipinski definition) is 3. The van der Waals surface area contributed by atoms with E-state index in [0.29, 0.717) is 0 Å². The van der Waals surface area contributed by atoms with Crippen LogP contribution in [-0.4, -0.2) is 34.3 Å². The van der Waals surface area contributed by atoms with Gasteiger partial charge in [0.05, 0.1) is 5.92 Å². The van der Waals surface area contributed by atoms with Crippen LogP contribution in [0.3, 0.4) is 0 Å². The molecule has 0 unspecified atom stereocenters. The van der Waals surface area contributed by atoms with E-state index in [1.54, 1.807) is 24.3 Å². The van der Waals surface area contributed by atoms with Crippen LogP contribution in [0.1, 0.15) is 18.9 Å². The van der Waals surface area contributed by atoms with Gasteiger partial charge >= 0.3 is 18.0 Å². The maximum Gasteiger partial charge on any atom is 0.408 e. The topological polar surface area (TPSA) is 113 Å². The minimum Gasteiger partial charge on any atom is -0.481 e. The van der Waals surface area contributed by atoms with Crippen LogP contribution in [0.5, 0.6) is 0 Å². The van der Waals surface area contributed by atoms with Crippen LogP contribution in [0.25, 0.3) is 0 Å². The van der Waals surface area contributed by atoms with E-state index in [1.807, 2.05) is 6.07 Å². The molecule has 0 aliphatic rings. The Balaban J connectivity index is 2.49. The van der Waals surface area contributed by atoms with Crippen LogP contribution in [0, 0.1) is 5.92 Å². The summed E-state index contributed by atoms with van der Waals surface area (Å²) in [5.74, 6) is -3.32. The van der Waals surface area contributed by atoms with Crippen LogP contribution < -0.4 is 5.32 Å². The van der Waals surface area contributed by atoms with Gasteiger partial charge in [0.2, 0.25) is 0 Å². The Labute approximate surface area is 121 Å². The van der Waals surface area contributed by atoms with Gasteiger partial charge < -0.3 is 20.3 Å². The van der Waals surface area contributed by atoms with Crippen molar-refractivity contribution in [2.75, 3.05) is 0 Å². The standard InChI is InChI=1S/C14H17NO6/c1-9(12(16)17)7-11(13(18)19)15-14(20)21-8-10-5-3-2-4-6-10/h2-6,9,11H,7-8H2,1H3,(H,15,20)(H,16,17)(H,18,19)/t9-,11+/m1/s1. The maximum absolute atomic E-state index is 11.5. The molecule has 0 aliphatic heterocycles. The highest BCUT2D eigenvalue weighted by Gasteiger charge is 2.26. The van der Waals surface area contributed by atoms with E-state index in [1.165, 1.54) is 6.92 Å². The van der Waals surface area contributed by atoms with E-state index in [9.17, 15) is 14.4 Å². The van der Waals surface area contributed by atoms with E-state index in [4.69, 9.17) is 14.9 Å². The Morgan fingerprint density at radius 2 is 1.76 bits per heavy atom. The first-order valence-corrected chi connectivity index (χ1v) is 6.33. The van der Waals surface area contributed by atoms with Gasteiger partial charge in [-0.3, -0.25) is 4.79 Å². The lowest BCUT2D eigenvalue weighted by Gasteiger charge is -2.16. The molecule has 0 aromatic heterocycles. The van der Waals surface area contributed by atoms with Gasteiger partial charge in [0.25, 0.3) is 0 Å². The fourth-order valence-corrected chi connectivity index (χ4v) is 1.58. The Morgan fingerprint density at radius 1 is 1.14 bits per heavy atom. The highest BCUT2D eigenvalue weighted by Crippen LogP contribution is 2.07. The molecule has 0 spiro atoms. The summed E-state index contributed by atoms with van der Waals surface area (Å²) in [5.41, 5.74) is 0.762. The largest absolute Gasteiger partial charge is 0.481 e. The van der Waals surface area contributed by atoms with Gasteiger partial charge in [-0.2, -0.15) is 0 Å². The molecule has 7 heteroatoms. The monoisotopic (exact) mass is 295 g/mol. The smallest absolute Gasteiger partial charge is 0.408 e. The molecule has 0 bridgehead atoms. The molecule has 1 aromatic rings. The third kappa shape index (κ3) is 5.94. The molecule has 1 aromatic carbocycles. The van der Waals surface area contributed by atoms with Gasteiger partial charge in [0, 0.05) is 0 Å².